The number of halogens is 5. The summed E-state index contributed by atoms with van der Waals surface area (Å²) >= 11 is 0. The molecule has 0 aliphatic carbocycles. The van der Waals surface area contributed by atoms with Gasteiger partial charge in [-0.3, -0.25) is 0 Å². The van der Waals surface area contributed by atoms with Crippen molar-refractivity contribution in [1.29, 1.82) is 0 Å². The minimum absolute atomic E-state index is 0.0000939. The molecule has 3 nitrogen and oxygen atoms in total. The van der Waals surface area contributed by atoms with Crippen LogP contribution < -0.4 is 0 Å². The molecule has 0 spiro atoms. The second kappa shape index (κ2) is 6.82. The smallest absolute Gasteiger partial charge is 0.376 e. The quantitative estimate of drug-likeness (QED) is 0.347. The van der Waals surface area contributed by atoms with E-state index in [0.29, 0.717) is 0 Å². The first-order valence-electron chi connectivity index (χ1n) is 5.97. The minimum Gasteiger partial charge on any atom is -0.376 e. The van der Waals surface area contributed by atoms with Crippen LogP contribution in [-0.4, -0.2) is 30.1 Å². The van der Waals surface area contributed by atoms with Gasteiger partial charge in [-0.05, 0) is 6.42 Å². The van der Waals surface area contributed by atoms with E-state index in [1.54, 1.807) is 0 Å². The highest BCUT2D eigenvalue weighted by Gasteiger charge is 2.50. The van der Waals surface area contributed by atoms with Crippen LogP contribution in [0.2, 0.25) is 0 Å². The van der Waals surface area contributed by atoms with Gasteiger partial charge in [0.25, 0.3) is 0 Å². The molecule has 0 saturated carbocycles. The molecule has 9 heteroatoms. The van der Waals surface area contributed by atoms with Crippen LogP contribution in [0.1, 0.15) is 24.4 Å². The second-order valence-corrected chi connectivity index (χ2v) is 7.29. The van der Waals surface area contributed by atoms with Crippen LogP contribution in [0, 0.1) is 29.1 Å². The Kier molecular flexibility index (Phi) is 5.85. The highest BCUT2D eigenvalue weighted by molar-refractivity contribution is 6.62. The molecule has 0 heterocycles. The van der Waals surface area contributed by atoms with Crippen molar-refractivity contribution in [3.05, 3.63) is 34.6 Å². The van der Waals surface area contributed by atoms with Crippen LogP contribution in [0.15, 0.2) is 0 Å². The van der Waals surface area contributed by atoms with Crippen molar-refractivity contribution in [3.63, 3.8) is 0 Å². The molecule has 120 valence electrons. The Balaban J connectivity index is 3.63. The fourth-order valence-corrected chi connectivity index (χ4v) is 4.70. The Labute approximate surface area is 120 Å². The third-order valence-corrected chi connectivity index (χ3v) is 6.54. The number of rotatable bonds is 6. The van der Waals surface area contributed by atoms with Crippen molar-refractivity contribution in [1.82, 2.24) is 0 Å². The summed E-state index contributed by atoms with van der Waals surface area (Å²) in [6.07, 6.45) is 0.0000939. The second-order valence-electron chi connectivity index (χ2n) is 4.16. The Morgan fingerprint density at radius 2 is 1.10 bits per heavy atom. The summed E-state index contributed by atoms with van der Waals surface area (Å²) in [6, 6.07) is 0. The van der Waals surface area contributed by atoms with E-state index in [0.717, 1.165) is 0 Å². The maximum Gasteiger partial charge on any atom is 0.508 e. The number of hydrogen-bond acceptors (Lipinski definition) is 3. The van der Waals surface area contributed by atoms with Crippen molar-refractivity contribution in [3.8, 4) is 0 Å². The molecule has 21 heavy (non-hydrogen) atoms. The molecular weight excluding hydrogens is 315 g/mol. The molecule has 1 unspecified atom stereocenters. The standard InChI is InChI=1S/C12H15F5O3Si/c1-5-6(21(18-2,19-3)20-4)7-8(13)10(15)12(17)11(16)9(7)14/h6H,5H2,1-4H3. The molecule has 0 bridgehead atoms. The van der Waals surface area contributed by atoms with Gasteiger partial charge in [0.05, 0.1) is 5.54 Å². The molecule has 0 aliphatic rings. The van der Waals surface area contributed by atoms with Crippen molar-refractivity contribution in [2.75, 3.05) is 21.3 Å². The first-order chi connectivity index (χ1) is 9.81. The summed E-state index contributed by atoms with van der Waals surface area (Å²) in [5, 5.41) is 0. The predicted molar refractivity (Wildman–Crippen MR) is 66.0 cm³/mol. The zero-order valence-electron chi connectivity index (χ0n) is 11.9. The van der Waals surface area contributed by atoms with Crippen molar-refractivity contribution >= 4 is 8.80 Å². The fraction of sp³-hybridized carbons (Fsp3) is 0.500. The molecule has 0 aliphatic heterocycles. The van der Waals surface area contributed by atoms with Gasteiger partial charge in [0.2, 0.25) is 5.82 Å². The fourth-order valence-electron chi connectivity index (χ4n) is 2.24. The summed E-state index contributed by atoms with van der Waals surface area (Å²) in [6.45, 7) is 1.50. The van der Waals surface area contributed by atoms with E-state index in [-0.39, 0.29) is 6.42 Å². The average Bonchev–Trinajstić information content (AvgIpc) is 2.51. The predicted octanol–water partition coefficient (Wildman–Crippen LogP) is 3.29. The zero-order valence-corrected chi connectivity index (χ0v) is 12.9. The van der Waals surface area contributed by atoms with Gasteiger partial charge in [-0.2, -0.15) is 0 Å². The normalized spacial score (nSPS) is 13.6. The average molecular weight is 330 g/mol. The lowest BCUT2D eigenvalue weighted by molar-refractivity contribution is 0.110. The lowest BCUT2D eigenvalue weighted by atomic mass is 10.1. The van der Waals surface area contributed by atoms with E-state index in [4.69, 9.17) is 13.3 Å². The highest BCUT2D eigenvalue weighted by Crippen LogP contribution is 2.37. The highest BCUT2D eigenvalue weighted by atomic mass is 28.4. The first-order valence-corrected chi connectivity index (χ1v) is 7.78. The van der Waals surface area contributed by atoms with E-state index in [9.17, 15) is 22.0 Å². The van der Waals surface area contributed by atoms with Gasteiger partial charge >= 0.3 is 8.80 Å². The van der Waals surface area contributed by atoms with Gasteiger partial charge in [-0.25, -0.2) is 22.0 Å². The molecule has 0 N–H and O–H groups in total. The summed E-state index contributed by atoms with van der Waals surface area (Å²) in [5.74, 6) is -10.0. The molecule has 1 aromatic rings. The molecule has 1 rings (SSSR count). The van der Waals surface area contributed by atoms with E-state index in [2.05, 4.69) is 0 Å². The van der Waals surface area contributed by atoms with Crippen LogP contribution in [0.4, 0.5) is 22.0 Å². The summed E-state index contributed by atoms with van der Waals surface area (Å²) in [5.41, 5.74) is -2.21. The van der Waals surface area contributed by atoms with Gasteiger partial charge in [0.1, 0.15) is 0 Å². The Morgan fingerprint density at radius 1 is 0.762 bits per heavy atom. The molecule has 0 saturated heterocycles. The molecule has 0 amide bonds. The molecule has 0 fully saturated rings. The number of benzene rings is 1. The van der Waals surface area contributed by atoms with E-state index in [1.165, 1.54) is 28.3 Å². The monoisotopic (exact) mass is 330 g/mol. The SMILES string of the molecule is CCC(c1c(F)c(F)c(F)c(F)c1F)[Si](OC)(OC)OC. The maximum absolute atomic E-state index is 13.9. The van der Waals surface area contributed by atoms with E-state index < -0.39 is 49.0 Å². The summed E-state index contributed by atoms with van der Waals surface area (Å²) < 4.78 is 82.8. The van der Waals surface area contributed by atoms with Crippen LogP contribution >= 0.6 is 0 Å². The topological polar surface area (TPSA) is 27.7 Å². The Bertz CT molecular complexity index is 485. The van der Waals surface area contributed by atoms with Gasteiger partial charge in [0, 0.05) is 26.9 Å². The van der Waals surface area contributed by atoms with Crippen molar-refractivity contribution < 1.29 is 35.2 Å². The van der Waals surface area contributed by atoms with Gasteiger partial charge in [0.15, 0.2) is 23.3 Å². The lowest BCUT2D eigenvalue weighted by Gasteiger charge is -2.32. The van der Waals surface area contributed by atoms with Crippen molar-refractivity contribution in [2.45, 2.75) is 18.9 Å². The maximum atomic E-state index is 13.9. The Hall–Kier alpha value is -1.03. The van der Waals surface area contributed by atoms with Crippen LogP contribution in [-0.2, 0) is 13.3 Å². The molecular formula is C12H15F5O3Si. The summed E-state index contributed by atoms with van der Waals surface area (Å²) in [7, 11) is -0.0842. The molecule has 1 aromatic carbocycles. The van der Waals surface area contributed by atoms with Gasteiger partial charge < -0.3 is 13.3 Å². The number of hydrogen-bond donors (Lipinski definition) is 0. The van der Waals surface area contributed by atoms with Crippen LogP contribution in [0.25, 0.3) is 0 Å². The van der Waals surface area contributed by atoms with Gasteiger partial charge in [-0.1, -0.05) is 6.92 Å². The van der Waals surface area contributed by atoms with Crippen LogP contribution in [0.5, 0.6) is 0 Å². The molecule has 1 atom stereocenters. The van der Waals surface area contributed by atoms with E-state index >= 15 is 0 Å². The lowest BCUT2D eigenvalue weighted by Crippen LogP contribution is -2.50. The van der Waals surface area contributed by atoms with Crippen molar-refractivity contribution in [2.24, 2.45) is 0 Å². The zero-order chi connectivity index (χ0) is 16.4. The molecule has 0 aromatic heterocycles. The molecule has 0 radical (unpaired) electrons. The third-order valence-electron chi connectivity index (χ3n) is 3.28. The van der Waals surface area contributed by atoms with Crippen LogP contribution in [0.3, 0.4) is 0 Å². The summed E-state index contributed by atoms with van der Waals surface area (Å²) in [4.78, 5) is 0. The van der Waals surface area contributed by atoms with Gasteiger partial charge in [-0.15, -0.1) is 0 Å². The minimum atomic E-state index is -3.65. The van der Waals surface area contributed by atoms with E-state index in [1.807, 2.05) is 0 Å². The largest absolute Gasteiger partial charge is 0.508 e. The third kappa shape index (κ3) is 2.82. The first kappa shape index (κ1) is 18.0. The Morgan fingerprint density at radius 3 is 1.38 bits per heavy atom.